The van der Waals surface area contributed by atoms with E-state index in [0.29, 0.717) is 0 Å². The first-order valence-electron chi connectivity index (χ1n) is 0.873. The molecule has 0 saturated heterocycles. The Labute approximate surface area is 52.2 Å². The summed E-state index contributed by atoms with van der Waals surface area (Å²) in [5, 5.41) is 0. The minimum Gasteiger partial charge on any atom is -0.418 e. The minimum absolute atomic E-state index is 0. The van der Waals surface area contributed by atoms with Crippen LogP contribution in [0.25, 0.3) is 0 Å². The molecule has 0 aromatic carbocycles. The van der Waals surface area contributed by atoms with Crippen LogP contribution in [0.2, 0.25) is 0 Å². The van der Waals surface area contributed by atoms with E-state index in [1.807, 2.05) is 0 Å². The van der Waals surface area contributed by atoms with Crippen molar-refractivity contribution in [3.63, 3.8) is 0 Å². The van der Waals surface area contributed by atoms with E-state index >= 15 is 0 Å². The predicted molar refractivity (Wildman–Crippen MR) is 15.9 cm³/mol. The second kappa shape index (κ2) is 2.81. The Morgan fingerprint density at radius 3 is 0.833 bits per heavy atom. The van der Waals surface area contributed by atoms with Crippen LogP contribution in [0.1, 0.15) is 0 Å². The average molecular weight is 291 g/mol. The largest absolute Gasteiger partial charge is 1.00 e. The topological polar surface area (TPSA) is 0 Å². The SMILES string of the molecule is F[B-](F)(F)F.[Tl+]. The zero-order valence-electron chi connectivity index (χ0n) is 2.67. The molecule has 0 spiro atoms. The van der Waals surface area contributed by atoms with E-state index < -0.39 is 7.25 Å². The molecule has 0 N–H and O–H groups in total. The van der Waals surface area contributed by atoms with E-state index in [-0.39, 0.29) is 27.3 Å². The van der Waals surface area contributed by atoms with Crippen molar-refractivity contribution >= 4 is 34.6 Å². The van der Waals surface area contributed by atoms with Crippen molar-refractivity contribution in [1.82, 2.24) is 0 Å². The second-order valence-electron chi connectivity index (χ2n) is 0.495. The molecule has 0 atom stereocenters. The summed E-state index contributed by atoms with van der Waals surface area (Å²) in [4.78, 5) is 0. The molecule has 0 aliphatic rings. The summed E-state index contributed by atoms with van der Waals surface area (Å²) in [5.74, 6) is 0. The molecule has 34 valence electrons. The zero-order chi connectivity index (χ0) is 4.50. The van der Waals surface area contributed by atoms with Crippen LogP contribution in [0.15, 0.2) is 0 Å². The van der Waals surface area contributed by atoms with Crippen LogP contribution in [0, 0.1) is 0 Å². The molecular weight excluding hydrogens is 291 g/mol. The third kappa shape index (κ3) is 129. The van der Waals surface area contributed by atoms with Gasteiger partial charge in [-0.05, 0) is 0 Å². The van der Waals surface area contributed by atoms with Crippen molar-refractivity contribution in [1.29, 1.82) is 0 Å². The second-order valence-corrected chi connectivity index (χ2v) is 0.495. The molecule has 0 nitrogen and oxygen atoms in total. The molecule has 0 aliphatic carbocycles. The van der Waals surface area contributed by atoms with E-state index in [1.54, 1.807) is 0 Å². The van der Waals surface area contributed by atoms with Gasteiger partial charge < -0.3 is 17.3 Å². The van der Waals surface area contributed by atoms with Gasteiger partial charge in [-0.15, -0.1) is 0 Å². The van der Waals surface area contributed by atoms with Crippen molar-refractivity contribution in [2.24, 2.45) is 0 Å². The van der Waals surface area contributed by atoms with Crippen molar-refractivity contribution in [3.05, 3.63) is 0 Å². The number of hydrogen-bond donors (Lipinski definition) is 0. The summed E-state index contributed by atoms with van der Waals surface area (Å²) >= 11 is 0. The number of hydrogen-bond acceptors (Lipinski definition) is 0. The summed E-state index contributed by atoms with van der Waals surface area (Å²) in [6.45, 7) is 0. The van der Waals surface area contributed by atoms with Gasteiger partial charge in [0.15, 0.2) is 0 Å². The van der Waals surface area contributed by atoms with E-state index in [4.69, 9.17) is 0 Å². The first-order chi connectivity index (χ1) is 2.00. The fourth-order valence-electron chi connectivity index (χ4n) is 0. The molecular formula is BF4Tl. The summed E-state index contributed by atoms with van der Waals surface area (Å²) in [6.07, 6.45) is 0. The number of rotatable bonds is 0. The van der Waals surface area contributed by atoms with Gasteiger partial charge in [0.1, 0.15) is 0 Å². The Bertz CT molecular complexity index is 23.0. The molecule has 6 heteroatoms. The van der Waals surface area contributed by atoms with E-state index in [9.17, 15) is 17.3 Å². The van der Waals surface area contributed by atoms with Gasteiger partial charge in [0.05, 0.1) is 0 Å². The maximum absolute atomic E-state index is 9.75. The maximum atomic E-state index is 9.75. The Balaban J connectivity index is 0. The van der Waals surface area contributed by atoms with Gasteiger partial charge in [-0.3, -0.25) is 0 Å². The predicted octanol–water partition coefficient (Wildman–Crippen LogP) is 0.919. The number of halogens is 4. The molecule has 0 amide bonds. The van der Waals surface area contributed by atoms with E-state index in [1.165, 1.54) is 0 Å². The van der Waals surface area contributed by atoms with Crippen LogP contribution in [-0.4, -0.2) is 34.6 Å². The van der Waals surface area contributed by atoms with Gasteiger partial charge >= 0.3 is 34.6 Å². The van der Waals surface area contributed by atoms with Gasteiger partial charge in [0.2, 0.25) is 0 Å². The van der Waals surface area contributed by atoms with Crippen LogP contribution in [0.4, 0.5) is 17.3 Å². The maximum Gasteiger partial charge on any atom is 1.00 e. The van der Waals surface area contributed by atoms with Gasteiger partial charge in [-0.25, -0.2) is 0 Å². The van der Waals surface area contributed by atoms with Crippen LogP contribution in [0.3, 0.4) is 0 Å². The van der Waals surface area contributed by atoms with Crippen LogP contribution in [0.5, 0.6) is 0 Å². The fourth-order valence-corrected chi connectivity index (χ4v) is 0. The Hall–Kier alpha value is 0.707. The molecule has 0 aromatic heterocycles. The summed E-state index contributed by atoms with van der Waals surface area (Å²) < 4.78 is 39.0. The van der Waals surface area contributed by atoms with Gasteiger partial charge in [0.25, 0.3) is 0 Å². The Kier molecular flexibility index (Phi) is 4.62. The summed E-state index contributed by atoms with van der Waals surface area (Å²) in [6, 6.07) is 0. The van der Waals surface area contributed by atoms with Gasteiger partial charge in [0, 0.05) is 0 Å². The molecule has 0 saturated carbocycles. The monoisotopic (exact) mass is 292 g/mol. The third-order valence-corrected chi connectivity index (χ3v) is 0. The molecule has 0 aliphatic heterocycles. The average Bonchev–Trinajstić information content (AvgIpc) is 0.722. The Morgan fingerprint density at radius 1 is 0.833 bits per heavy atom. The quantitative estimate of drug-likeness (QED) is 0.460. The molecule has 0 aromatic rings. The van der Waals surface area contributed by atoms with Crippen molar-refractivity contribution in [2.45, 2.75) is 0 Å². The van der Waals surface area contributed by atoms with Crippen molar-refractivity contribution in [2.75, 3.05) is 0 Å². The van der Waals surface area contributed by atoms with E-state index in [2.05, 4.69) is 0 Å². The molecule has 0 radical (unpaired) electrons. The van der Waals surface area contributed by atoms with Crippen LogP contribution in [-0.2, 0) is 0 Å². The van der Waals surface area contributed by atoms with E-state index in [0.717, 1.165) is 0 Å². The van der Waals surface area contributed by atoms with Gasteiger partial charge in [-0.2, -0.15) is 0 Å². The smallest absolute Gasteiger partial charge is 0.418 e. The zero-order valence-corrected chi connectivity index (χ0v) is 7.16. The standard InChI is InChI=1S/BF4.Tl/c2-1(3,4)5;/q-1;+1. The molecule has 0 bridgehead atoms. The van der Waals surface area contributed by atoms with Crippen molar-refractivity contribution < 1.29 is 17.3 Å². The first kappa shape index (κ1) is 9.86. The van der Waals surface area contributed by atoms with Gasteiger partial charge in [-0.1, -0.05) is 0 Å². The van der Waals surface area contributed by atoms with Crippen LogP contribution >= 0.6 is 0 Å². The minimum atomic E-state index is -6.00. The molecule has 0 rings (SSSR count). The summed E-state index contributed by atoms with van der Waals surface area (Å²) in [5.41, 5.74) is 0. The molecule has 0 heterocycles. The normalized spacial score (nSPS) is 10.0. The third-order valence-electron chi connectivity index (χ3n) is 0. The van der Waals surface area contributed by atoms with Crippen LogP contribution < -0.4 is 0 Å². The summed E-state index contributed by atoms with van der Waals surface area (Å²) in [7, 11) is -6.00. The molecule has 0 fully saturated rings. The first-order valence-corrected chi connectivity index (χ1v) is 0.873. The van der Waals surface area contributed by atoms with Crippen molar-refractivity contribution in [3.8, 4) is 0 Å². The molecule has 0 unspecified atom stereocenters. The molecule has 6 heavy (non-hydrogen) atoms. The Morgan fingerprint density at radius 2 is 0.833 bits per heavy atom. The fraction of sp³-hybridized carbons (Fsp3) is 0.